The third-order valence-corrected chi connectivity index (χ3v) is 4.90. The van der Waals surface area contributed by atoms with Crippen LogP contribution in [-0.4, -0.2) is 41.4 Å². The van der Waals surface area contributed by atoms with Gasteiger partial charge in [-0.05, 0) is 30.0 Å². The minimum atomic E-state index is -0.361. The van der Waals surface area contributed by atoms with E-state index in [1.807, 2.05) is 52.0 Å². The van der Waals surface area contributed by atoms with E-state index in [1.54, 1.807) is 28.6 Å². The first-order chi connectivity index (χ1) is 10.7. The first-order valence-corrected chi connectivity index (χ1v) is 9.06. The molecule has 23 heavy (non-hydrogen) atoms. The third kappa shape index (κ3) is 4.50. The Morgan fingerprint density at radius 2 is 2.04 bits per heavy atom. The number of hydrogen-bond donors (Lipinski definition) is 0. The van der Waals surface area contributed by atoms with Crippen molar-refractivity contribution in [3.8, 4) is 0 Å². The van der Waals surface area contributed by atoms with Crippen molar-refractivity contribution in [1.82, 2.24) is 4.90 Å². The van der Waals surface area contributed by atoms with Crippen LogP contribution < -0.4 is 4.90 Å². The van der Waals surface area contributed by atoms with E-state index in [0.717, 1.165) is 11.3 Å². The Morgan fingerprint density at radius 1 is 1.35 bits per heavy atom. The fraction of sp³-hybridized carbons (Fsp3) is 0.556. The smallest absolute Gasteiger partial charge is 0.250 e. The highest BCUT2D eigenvalue weighted by Crippen LogP contribution is 2.28. The van der Waals surface area contributed by atoms with E-state index >= 15 is 0 Å². The Hall–Kier alpha value is -1.49. The van der Waals surface area contributed by atoms with Gasteiger partial charge < -0.3 is 9.80 Å². The van der Waals surface area contributed by atoms with Crippen molar-refractivity contribution >= 4 is 29.3 Å². The molecule has 1 saturated heterocycles. The lowest BCUT2D eigenvalue weighted by Gasteiger charge is -2.29. The quantitative estimate of drug-likeness (QED) is 0.851. The van der Waals surface area contributed by atoms with Gasteiger partial charge in [0, 0.05) is 24.9 Å². The van der Waals surface area contributed by atoms with E-state index in [-0.39, 0.29) is 23.3 Å². The van der Waals surface area contributed by atoms with Crippen molar-refractivity contribution in [3.63, 3.8) is 0 Å². The number of nitrogens with zero attached hydrogens (tertiary/aromatic N) is 2. The maximum atomic E-state index is 12.9. The molecule has 0 spiro atoms. The van der Waals surface area contributed by atoms with Gasteiger partial charge in [-0.15, -0.1) is 11.8 Å². The number of benzene rings is 1. The van der Waals surface area contributed by atoms with E-state index in [1.165, 1.54) is 0 Å². The molecule has 1 atom stereocenters. The molecule has 0 aliphatic carbocycles. The lowest BCUT2D eigenvalue weighted by Crippen LogP contribution is -2.48. The monoisotopic (exact) mass is 334 g/mol. The Labute approximate surface area is 143 Å². The van der Waals surface area contributed by atoms with Crippen LogP contribution in [0.2, 0.25) is 0 Å². The van der Waals surface area contributed by atoms with Gasteiger partial charge in [0.1, 0.15) is 6.04 Å². The Bertz CT molecular complexity index is 595. The van der Waals surface area contributed by atoms with Gasteiger partial charge >= 0.3 is 0 Å². The summed E-state index contributed by atoms with van der Waals surface area (Å²) in [6.07, 6.45) is 0.464. The molecule has 0 saturated carbocycles. The molecule has 1 unspecified atom stereocenters. The van der Waals surface area contributed by atoms with Crippen LogP contribution >= 0.6 is 11.8 Å². The van der Waals surface area contributed by atoms with Gasteiger partial charge in [0.25, 0.3) is 0 Å². The molecular formula is C18H26N2O2S. The first-order valence-electron chi connectivity index (χ1n) is 7.90. The zero-order valence-corrected chi connectivity index (χ0v) is 15.4. The van der Waals surface area contributed by atoms with Gasteiger partial charge in [0.05, 0.1) is 5.88 Å². The summed E-state index contributed by atoms with van der Waals surface area (Å²) in [5.41, 5.74) is 1.92. The molecule has 1 heterocycles. The number of thioether (sulfide) groups is 1. The van der Waals surface area contributed by atoms with Crippen molar-refractivity contribution in [2.75, 3.05) is 23.6 Å². The Morgan fingerprint density at radius 3 is 2.65 bits per heavy atom. The molecule has 0 N–H and O–H groups in total. The van der Waals surface area contributed by atoms with Crippen LogP contribution in [0.15, 0.2) is 24.3 Å². The summed E-state index contributed by atoms with van der Waals surface area (Å²) in [7, 11) is 1.78. The van der Waals surface area contributed by atoms with Crippen LogP contribution in [0.5, 0.6) is 0 Å². The molecule has 1 aliphatic heterocycles. The van der Waals surface area contributed by atoms with E-state index in [4.69, 9.17) is 0 Å². The summed E-state index contributed by atoms with van der Waals surface area (Å²) in [5.74, 6) is 1.33. The van der Waals surface area contributed by atoms with Crippen molar-refractivity contribution in [1.29, 1.82) is 0 Å². The van der Waals surface area contributed by atoms with Gasteiger partial charge in [0.15, 0.2) is 0 Å². The van der Waals surface area contributed by atoms with Crippen molar-refractivity contribution < 1.29 is 9.59 Å². The number of likely N-dealkylation sites (N-methyl/N-ethyl adjacent to an activating group) is 1. The number of rotatable bonds is 3. The largest absolute Gasteiger partial charge is 0.321 e. The summed E-state index contributed by atoms with van der Waals surface area (Å²) in [4.78, 5) is 28.8. The second-order valence-electron chi connectivity index (χ2n) is 7.35. The number of carbonyl (C=O) groups excluding carboxylic acids is 2. The third-order valence-electron chi connectivity index (χ3n) is 3.89. The Kier molecular flexibility index (Phi) is 5.40. The lowest BCUT2D eigenvalue weighted by molar-refractivity contribution is -0.138. The zero-order chi connectivity index (χ0) is 17.2. The maximum Gasteiger partial charge on any atom is 0.250 e. The number of hydrogen-bond acceptors (Lipinski definition) is 3. The van der Waals surface area contributed by atoms with Crippen LogP contribution in [0.4, 0.5) is 5.69 Å². The van der Waals surface area contributed by atoms with E-state index in [0.29, 0.717) is 18.1 Å². The lowest BCUT2D eigenvalue weighted by atomic mass is 9.91. The molecule has 0 aromatic heterocycles. The van der Waals surface area contributed by atoms with Crippen molar-refractivity contribution in [2.45, 2.75) is 40.2 Å². The highest BCUT2D eigenvalue weighted by Gasteiger charge is 2.37. The minimum absolute atomic E-state index is 0.0112. The topological polar surface area (TPSA) is 40.6 Å². The second-order valence-corrected chi connectivity index (χ2v) is 8.35. The van der Waals surface area contributed by atoms with E-state index in [9.17, 15) is 9.59 Å². The molecule has 4 nitrogen and oxygen atoms in total. The minimum Gasteiger partial charge on any atom is -0.321 e. The summed E-state index contributed by atoms with van der Waals surface area (Å²) in [5, 5.41) is 0. The summed E-state index contributed by atoms with van der Waals surface area (Å²) in [6, 6.07) is 7.50. The fourth-order valence-corrected chi connectivity index (χ4v) is 3.81. The van der Waals surface area contributed by atoms with Crippen molar-refractivity contribution in [2.24, 2.45) is 5.41 Å². The fourth-order valence-electron chi connectivity index (χ4n) is 2.64. The van der Waals surface area contributed by atoms with Crippen LogP contribution in [0, 0.1) is 12.3 Å². The molecule has 2 rings (SSSR count). The highest BCUT2D eigenvalue weighted by atomic mass is 32.2. The average molecular weight is 334 g/mol. The van der Waals surface area contributed by atoms with Crippen LogP contribution in [0.3, 0.4) is 0 Å². The van der Waals surface area contributed by atoms with Gasteiger partial charge in [-0.3, -0.25) is 9.59 Å². The number of aryl methyl sites for hydroxylation is 1. The van der Waals surface area contributed by atoms with Crippen LogP contribution in [-0.2, 0) is 9.59 Å². The molecule has 5 heteroatoms. The normalized spacial score (nSPS) is 18.1. The van der Waals surface area contributed by atoms with E-state index < -0.39 is 0 Å². The second kappa shape index (κ2) is 6.95. The SMILES string of the molecule is Cc1cccc(N(C)C(=O)C2CSCN2C(=O)CC(C)(C)C)c1. The molecule has 126 valence electrons. The van der Waals surface area contributed by atoms with Crippen LogP contribution in [0.25, 0.3) is 0 Å². The maximum absolute atomic E-state index is 12.9. The predicted octanol–water partition coefficient (Wildman–Crippen LogP) is 3.30. The number of anilines is 1. The molecule has 1 aromatic carbocycles. The van der Waals surface area contributed by atoms with Crippen molar-refractivity contribution in [3.05, 3.63) is 29.8 Å². The van der Waals surface area contributed by atoms with Gasteiger partial charge in [-0.2, -0.15) is 0 Å². The standard InChI is InChI=1S/C18H26N2O2S/c1-13-7-6-8-14(9-13)19(5)17(22)15-11-23-12-20(15)16(21)10-18(2,3)4/h6-9,15H,10-12H2,1-5H3. The average Bonchev–Trinajstić information content (AvgIpc) is 2.93. The molecule has 1 fully saturated rings. The Balaban J connectivity index is 2.12. The van der Waals surface area contributed by atoms with Crippen LogP contribution in [0.1, 0.15) is 32.8 Å². The summed E-state index contributed by atoms with van der Waals surface area (Å²) >= 11 is 1.65. The number of carbonyl (C=O) groups is 2. The van der Waals surface area contributed by atoms with Gasteiger partial charge in [-0.25, -0.2) is 0 Å². The molecular weight excluding hydrogens is 308 g/mol. The first kappa shape index (κ1) is 17.9. The van der Waals surface area contributed by atoms with E-state index in [2.05, 4.69) is 0 Å². The predicted molar refractivity (Wildman–Crippen MR) is 96.6 cm³/mol. The molecule has 1 aliphatic rings. The highest BCUT2D eigenvalue weighted by molar-refractivity contribution is 7.99. The number of amides is 2. The van der Waals surface area contributed by atoms with Gasteiger partial charge in [-0.1, -0.05) is 32.9 Å². The molecule has 1 aromatic rings. The molecule has 0 radical (unpaired) electrons. The van der Waals surface area contributed by atoms with Gasteiger partial charge in [0.2, 0.25) is 11.8 Å². The molecule has 0 bridgehead atoms. The summed E-state index contributed by atoms with van der Waals surface area (Å²) in [6.45, 7) is 8.14. The zero-order valence-electron chi connectivity index (χ0n) is 14.6. The summed E-state index contributed by atoms with van der Waals surface area (Å²) < 4.78 is 0. The molecule has 2 amide bonds.